The summed E-state index contributed by atoms with van der Waals surface area (Å²) >= 11 is 0. The van der Waals surface area contributed by atoms with Crippen molar-refractivity contribution < 1.29 is 33.5 Å². The monoisotopic (exact) mass is 340 g/mol. The second kappa shape index (κ2) is 8.46. The van der Waals surface area contributed by atoms with Gasteiger partial charge in [0.25, 0.3) is 5.91 Å². The Hall–Kier alpha value is -3.17. The minimum Gasteiger partial charge on any atom is -0.487 e. The number of benzene rings is 1. The molecule has 0 aliphatic carbocycles. The van der Waals surface area contributed by atoms with Crippen molar-refractivity contribution in [1.82, 2.24) is 5.32 Å². The molecule has 0 unspecified atom stereocenters. The fourth-order valence-electron chi connectivity index (χ4n) is 1.60. The molecule has 0 spiro atoms. The molecule has 1 aromatic carbocycles. The quantitative estimate of drug-likeness (QED) is 0.467. The minimum absolute atomic E-state index is 0.00975. The lowest BCUT2D eigenvalue weighted by molar-refractivity contribution is -0.385. The highest BCUT2D eigenvalue weighted by Gasteiger charge is 2.24. The van der Waals surface area contributed by atoms with E-state index in [9.17, 15) is 24.5 Å². The van der Waals surface area contributed by atoms with Crippen LogP contribution in [0.4, 0.5) is 10.5 Å². The van der Waals surface area contributed by atoms with Gasteiger partial charge in [-0.25, -0.2) is 9.59 Å². The molecule has 130 valence electrons. The minimum atomic E-state index is -1.30. The summed E-state index contributed by atoms with van der Waals surface area (Å²) in [6, 6.07) is 3.51. The van der Waals surface area contributed by atoms with Gasteiger partial charge in [-0.05, 0) is 26.0 Å². The number of carbonyl (C=O) groups excluding carboxylic acids is 3. The highest BCUT2D eigenvalue weighted by molar-refractivity contribution is 5.97. The molecule has 0 bridgehead atoms. The first-order valence-electron chi connectivity index (χ1n) is 6.81. The predicted octanol–water partition coefficient (Wildman–Crippen LogP) is 1.42. The van der Waals surface area contributed by atoms with Crippen LogP contribution in [-0.4, -0.2) is 42.7 Å². The first kappa shape index (κ1) is 18.9. The normalized spacial score (nSPS) is 11.1. The number of nitro benzene ring substituents is 1. The van der Waals surface area contributed by atoms with Crippen LogP contribution in [0.15, 0.2) is 18.2 Å². The van der Waals surface area contributed by atoms with E-state index in [4.69, 9.17) is 9.47 Å². The first-order valence-corrected chi connectivity index (χ1v) is 6.81. The highest BCUT2D eigenvalue weighted by Crippen LogP contribution is 2.28. The molecule has 1 aromatic rings. The Morgan fingerprint density at radius 3 is 2.54 bits per heavy atom. The Labute approximate surface area is 136 Å². The lowest BCUT2D eigenvalue weighted by Gasteiger charge is -2.12. The average molecular weight is 340 g/mol. The summed E-state index contributed by atoms with van der Waals surface area (Å²) in [6.07, 6.45) is -2.30. The lowest BCUT2D eigenvalue weighted by Crippen LogP contribution is -2.39. The smallest absolute Gasteiger partial charge is 0.413 e. The van der Waals surface area contributed by atoms with Gasteiger partial charge in [0.15, 0.2) is 11.9 Å². The van der Waals surface area contributed by atoms with Crippen LogP contribution < -0.4 is 10.1 Å². The van der Waals surface area contributed by atoms with Crippen LogP contribution in [0.1, 0.15) is 24.2 Å². The van der Waals surface area contributed by atoms with Crippen molar-refractivity contribution >= 4 is 23.7 Å². The maximum atomic E-state index is 12.0. The number of nitro groups is 1. The largest absolute Gasteiger partial charge is 0.487 e. The van der Waals surface area contributed by atoms with E-state index in [0.29, 0.717) is 0 Å². The molecule has 0 saturated carbocycles. The van der Waals surface area contributed by atoms with E-state index < -0.39 is 34.7 Å². The second-order valence-corrected chi connectivity index (χ2v) is 4.40. The van der Waals surface area contributed by atoms with Crippen LogP contribution in [-0.2, 0) is 14.3 Å². The third kappa shape index (κ3) is 4.93. The molecule has 0 aromatic heterocycles. The number of amides is 2. The Morgan fingerprint density at radius 1 is 1.33 bits per heavy atom. The summed E-state index contributed by atoms with van der Waals surface area (Å²) in [4.78, 5) is 44.8. The molecule has 0 radical (unpaired) electrons. The number of imide groups is 1. The topological polar surface area (TPSA) is 134 Å². The third-order valence-electron chi connectivity index (χ3n) is 2.75. The number of nitrogens with one attached hydrogen (secondary N) is 1. The van der Waals surface area contributed by atoms with Crippen molar-refractivity contribution in [3.05, 3.63) is 33.9 Å². The van der Waals surface area contributed by atoms with Gasteiger partial charge < -0.3 is 14.2 Å². The van der Waals surface area contributed by atoms with Gasteiger partial charge in [-0.15, -0.1) is 0 Å². The summed E-state index contributed by atoms with van der Waals surface area (Å²) < 4.78 is 14.2. The van der Waals surface area contributed by atoms with Crippen LogP contribution in [0.2, 0.25) is 0 Å². The van der Waals surface area contributed by atoms with Gasteiger partial charge in [-0.1, -0.05) is 0 Å². The lowest BCUT2D eigenvalue weighted by atomic mass is 10.2. The van der Waals surface area contributed by atoms with Gasteiger partial charge in [-0.2, -0.15) is 0 Å². The molecule has 0 heterocycles. The molecule has 0 saturated heterocycles. The Kier molecular flexibility index (Phi) is 6.65. The SMILES string of the molecule is CCOc1ccc(C(=O)O[C@@H](C)C(=O)NC(=O)OC)cc1[N+](=O)[O-]. The third-order valence-corrected chi connectivity index (χ3v) is 2.75. The molecule has 1 atom stereocenters. The summed E-state index contributed by atoms with van der Waals surface area (Å²) in [7, 11) is 1.07. The standard InChI is InChI=1S/C14H16N2O8/c1-4-23-11-6-5-9(7-10(11)16(20)21)13(18)24-8(2)12(17)15-14(19)22-3/h5-8H,4H2,1-3H3,(H,15,17,19)/t8-/m0/s1. The van der Waals surface area contributed by atoms with E-state index in [1.807, 2.05) is 5.32 Å². The number of nitrogens with zero attached hydrogens (tertiary/aromatic N) is 1. The zero-order chi connectivity index (χ0) is 18.3. The molecule has 2 amide bonds. The van der Waals surface area contributed by atoms with Crippen LogP contribution in [0.5, 0.6) is 5.75 Å². The van der Waals surface area contributed by atoms with E-state index in [2.05, 4.69) is 4.74 Å². The van der Waals surface area contributed by atoms with Gasteiger partial charge >= 0.3 is 17.7 Å². The van der Waals surface area contributed by atoms with Crippen molar-refractivity contribution in [2.45, 2.75) is 20.0 Å². The molecular weight excluding hydrogens is 324 g/mol. The van der Waals surface area contributed by atoms with Gasteiger partial charge in [0, 0.05) is 6.07 Å². The maximum Gasteiger partial charge on any atom is 0.413 e. The van der Waals surface area contributed by atoms with Crippen LogP contribution >= 0.6 is 0 Å². The average Bonchev–Trinajstić information content (AvgIpc) is 2.54. The number of hydrogen-bond donors (Lipinski definition) is 1. The highest BCUT2D eigenvalue weighted by atomic mass is 16.6. The molecular formula is C14H16N2O8. The van der Waals surface area contributed by atoms with Gasteiger partial charge in [0.2, 0.25) is 0 Å². The fraction of sp³-hybridized carbons (Fsp3) is 0.357. The second-order valence-electron chi connectivity index (χ2n) is 4.40. The number of carbonyl (C=O) groups is 3. The molecule has 0 aliphatic rings. The van der Waals surface area contributed by atoms with Crippen LogP contribution in [0.25, 0.3) is 0 Å². The van der Waals surface area contributed by atoms with Crippen molar-refractivity contribution in [2.75, 3.05) is 13.7 Å². The van der Waals surface area contributed by atoms with E-state index in [0.717, 1.165) is 13.2 Å². The molecule has 1 rings (SSSR count). The molecule has 0 aliphatic heterocycles. The van der Waals surface area contributed by atoms with E-state index in [1.165, 1.54) is 19.1 Å². The molecule has 24 heavy (non-hydrogen) atoms. The van der Waals surface area contributed by atoms with E-state index in [-0.39, 0.29) is 17.9 Å². The summed E-state index contributed by atoms with van der Waals surface area (Å²) in [5.41, 5.74) is -0.541. The number of alkyl carbamates (subject to hydrolysis) is 1. The van der Waals surface area contributed by atoms with Crippen molar-refractivity contribution in [3.8, 4) is 5.75 Å². The van der Waals surface area contributed by atoms with Gasteiger partial charge in [-0.3, -0.25) is 20.2 Å². The Bertz CT molecular complexity index is 658. The predicted molar refractivity (Wildman–Crippen MR) is 79.7 cm³/mol. The Morgan fingerprint density at radius 2 is 2.00 bits per heavy atom. The van der Waals surface area contributed by atoms with Crippen molar-refractivity contribution in [1.29, 1.82) is 0 Å². The molecule has 1 N–H and O–H groups in total. The number of hydrogen-bond acceptors (Lipinski definition) is 8. The maximum absolute atomic E-state index is 12.0. The first-order chi connectivity index (χ1) is 11.3. The molecule has 10 heteroatoms. The number of ether oxygens (including phenoxy) is 3. The summed E-state index contributed by atoms with van der Waals surface area (Å²) in [5.74, 6) is -1.85. The number of rotatable bonds is 6. The molecule has 0 fully saturated rings. The van der Waals surface area contributed by atoms with Gasteiger partial charge in [0.1, 0.15) is 0 Å². The van der Waals surface area contributed by atoms with Crippen LogP contribution in [0, 0.1) is 10.1 Å². The van der Waals surface area contributed by atoms with Crippen molar-refractivity contribution in [2.24, 2.45) is 0 Å². The zero-order valence-electron chi connectivity index (χ0n) is 13.2. The van der Waals surface area contributed by atoms with Crippen molar-refractivity contribution in [3.63, 3.8) is 0 Å². The number of esters is 1. The van der Waals surface area contributed by atoms with E-state index >= 15 is 0 Å². The Balaban J connectivity index is 2.88. The fourth-order valence-corrected chi connectivity index (χ4v) is 1.60. The van der Waals surface area contributed by atoms with Gasteiger partial charge in [0.05, 0.1) is 24.2 Å². The van der Waals surface area contributed by atoms with E-state index in [1.54, 1.807) is 6.92 Å². The summed E-state index contributed by atoms with van der Waals surface area (Å²) in [5, 5.41) is 12.9. The van der Waals surface area contributed by atoms with Crippen LogP contribution in [0.3, 0.4) is 0 Å². The number of methoxy groups -OCH3 is 1. The summed E-state index contributed by atoms with van der Waals surface area (Å²) in [6.45, 7) is 3.11. The molecule has 10 nitrogen and oxygen atoms in total. The zero-order valence-corrected chi connectivity index (χ0v) is 13.2.